The number of allylic oxidation sites excluding steroid dienone is 3. The van der Waals surface area contributed by atoms with Gasteiger partial charge in [0.2, 0.25) is 0 Å². The Balaban J connectivity index is 1.60. The summed E-state index contributed by atoms with van der Waals surface area (Å²) in [4.78, 5) is 38.4. The van der Waals surface area contributed by atoms with Crippen LogP contribution in [0.15, 0.2) is 23.3 Å². The van der Waals surface area contributed by atoms with E-state index in [2.05, 4.69) is 26.0 Å². The zero-order chi connectivity index (χ0) is 21.5. The van der Waals surface area contributed by atoms with Crippen molar-refractivity contribution in [1.82, 2.24) is 4.90 Å². The number of Topliss-reactive ketones (excluding diaryl/α,β-unsaturated/α-hetero) is 1. The SMILES string of the molecule is CC(=O)S[C@@H]1C=C2CC(=O)CC[C@]2(C)C2=CC[C@@]3(C)C(CC[C@@]34CN(C)C(=O)O4)C21. The van der Waals surface area contributed by atoms with Gasteiger partial charge < -0.3 is 9.64 Å². The number of carbonyl (C=O) groups is 3. The standard InChI is InChI=1S/C24H31NO4S/c1-14(26)30-19-12-15-11-16(27)5-8-22(15,2)17-6-9-23(3)18(20(17)19)7-10-24(23)13-25(4)21(28)29-24/h6,12,18-20H,5,7-11,13H2,1-4H3/t18?,19-,20?,22+,23+,24-/m1/s1. The largest absolute Gasteiger partial charge is 0.440 e. The Hall–Kier alpha value is -1.56. The third-order valence-electron chi connectivity index (χ3n) is 9.00. The van der Waals surface area contributed by atoms with E-state index in [1.807, 2.05) is 7.05 Å². The molecule has 1 heterocycles. The van der Waals surface area contributed by atoms with Gasteiger partial charge in [0, 0.05) is 42.9 Å². The molecule has 2 unspecified atom stereocenters. The van der Waals surface area contributed by atoms with Gasteiger partial charge >= 0.3 is 6.09 Å². The van der Waals surface area contributed by atoms with Crippen LogP contribution in [0.2, 0.25) is 0 Å². The van der Waals surface area contributed by atoms with Gasteiger partial charge in [0.25, 0.3) is 0 Å². The Kier molecular flexibility index (Phi) is 4.39. The lowest BCUT2D eigenvalue weighted by molar-refractivity contribution is -0.120. The number of ether oxygens (including phenoxy) is 1. The van der Waals surface area contributed by atoms with E-state index in [1.54, 1.807) is 11.8 Å². The molecule has 0 aromatic heterocycles. The van der Waals surface area contributed by atoms with Gasteiger partial charge in [0.15, 0.2) is 5.12 Å². The summed E-state index contributed by atoms with van der Waals surface area (Å²) in [5.41, 5.74) is 1.99. The van der Waals surface area contributed by atoms with E-state index in [1.165, 1.54) is 22.9 Å². The summed E-state index contributed by atoms with van der Waals surface area (Å²) >= 11 is 1.41. The summed E-state index contributed by atoms with van der Waals surface area (Å²) < 4.78 is 6.06. The Morgan fingerprint density at radius 1 is 1.27 bits per heavy atom. The van der Waals surface area contributed by atoms with Crippen LogP contribution in [-0.4, -0.2) is 46.3 Å². The van der Waals surface area contributed by atoms with Crippen molar-refractivity contribution < 1.29 is 19.1 Å². The fourth-order valence-electron chi connectivity index (χ4n) is 7.29. The van der Waals surface area contributed by atoms with Crippen LogP contribution < -0.4 is 0 Å². The number of nitrogens with zero attached hydrogens (tertiary/aromatic N) is 1. The Bertz CT molecular complexity index is 909. The second-order valence-corrected chi connectivity index (χ2v) is 11.8. The second-order valence-electron chi connectivity index (χ2n) is 10.5. The van der Waals surface area contributed by atoms with Crippen LogP contribution >= 0.6 is 11.8 Å². The van der Waals surface area contributed by atoms with Gasteiger partial charge in [-0.25, -0.2) is 4.79 Å². The number of fused-ring (bicyclic) bond motifs is 6. The monoisotopic (exact) mass is 429 g/mol. The number of hydrogen-bond acceptors (Lipinski definition) is 5. The molecule has 0 aromatic carbocycles. The molecule has 0 aromatic rings. The highest BCUT2D eigenvalue weighted by molar-refractivity contribution is 8.14. The Morgan fingerprint density at radius 3 is 2.70 bits per heavy atom. The fourth-order valence-corrected chi connectivity index (χ4v) is 8.39. The first-order chi connectivity index (χ1) is 14.1. The molecule has 1 aliphatic heterocycles. The maximum Gasteiger partial charge on any atom is 0.410 e. The summed E-state index contributed by atoms with van der Waals surface area (Å²) in [5.74, 6) is 0.926. The van der Waals surface area contributed by atoms with Crippen molar-refractivity contribution in [2.45, 2.75) is 70.1 Å². The summed E-state index contributed by atoms with van der Waals surface area (Å²) in [6, 6.07) is 0. The zero-order valence-corrected chi connectivity index (χ0v) is 19.1. The molecular weight excluding hydrogens is 398 g/mol. The molecule has 1 spiro atoms. The third kappa shape index (κ3) is 2.58. The molecule has 0 bridgehead atoms. The van der Waals surface area contributed by atoms with Crippen LogP contribution in [0.4, 0.5) is 4.79 Å². The molecule has 6 atom stereocenters. The molecule has 162 valence electrons. The maximum atomic E-state index is 12.3. The Morgan fingerprint density at radius 2 is 2.03 bits per heavy atom. The van der Waals surface area contributed by atoms with E-state index < -0.39 is 5.60 Å². The van der Waals surface area contributed by atoms with Crippen molar-refractivity contribution in [1.29, 1.82) is 0 Å². The molecule has 1 amide bonds. The highest BCUT2D eigenvalue weighted by atomic mass is 32.2. The average Bonchev–Trinajstić information content (AvgIpc) is 3.12. The molecule has 5 nitrogen and oxygen atoms in total. The number of ketones is 1. The average molecular weight is 430 g/mol. The highest BCUT2D eigenvalue weighted by Gasteiger charge is 2.67. The van der Waals surface area contributed by atoms with Crippen molar-refractivity contribution in [2.24, 2.45) is 22.7 Å². The maximum absolute atomic E-state index is 12.3. The first-order valence-corrected chi connectivity index (χ1v) is 12.0. The second kappa shape index (κ2) is 6.47. The van der Waals surface area contributed by atoms with Crippen LogP contribution in [0.3, 0.4) is 0 Å². The number of likely N-dealkylation sites (N-methyl/N-ethyl adjacent to an activating group) is 1. The van der Waals surface area contributed by atoms with E-state index >= 15 is 0 Å². The van der Waals surface area contributed by atoms with E-state index in [0.29, 0.717) is 31.1 Å². The van der Waals surface area contributed by atoms with E-state index in [4.69, 9.17) is 4.74 Å². The predicted molar refractivity (Wildman–Crippen MR) is 116 cm³/mol. The normalized spacial score (nSPS) is 44.8. The van der Waals surface area contributed by atoms with Gasteiger partial charge in [-0.2, -0.15) is 0 Å². The minimum Gasteiger partial charge on any atom is -0.440 e. The molecule has 30 heavy (non-hydrogen) atoms. The van der Waals surface area contributed by atoms with Crippen molar-refractivity contribution in [3.05, 3.63) is 23.3 Å². The van der Waals surface area contributed by atoms with Crippen LogP contribution in [-0.2, 0) is 14.3 Å². The van der Waals surface area contributed by atoms with Gasteiger partial charge in [-0.1, -0.05) is 48.9 Å². The number of amides is 1. The van der Waals surface area contributed by atoms with Crippen LogP contribution in [0.1, 0.15) is 59.3 Å². The van der Waals surface area contributed by atoms with Crippen molar-refractivity contribution in [2.75, 3.05) is 13.6 Å². The number of thioether (sulfide) groups is 1. The summed E-state index contributed by atoms with van der Waals surface area (Å²) in [6.45, 7) is 6.88. The fraction of sp³-hybridized carbons (Fsp3) is 0.708. The first kappa shape index (κ1) is 20.3. The molecule has 1 saturated heterocycles. The van der Waals surface area contributed by atoms with E-state index in [9.17, 15) is 14.4 Å². The minimum absolute atomic E-state index is 0.0531. The van der Waals surface area contributed by atoms with E-state index in [-0.39, 0.29) is 33.2 Å². The number of hydrogen-bond donors (Lipinski definition) is 0. The summed E-state index contributed by atoms with van der Waals surface area (Å²) in [7, 11) is 1.82. The van der Waals surface area contributed by atoms with E-state index in [0.717, 1.165) is 25.7 Å². The van der Waals surface area contributed by atoms with Crippen LogP contribution in [0, 0.1) is 22.7 Å². The van der Waals surface area contributed by atoms with Crippen molar-refractivity contribution in [3.8, 4) is 0 Å². The van der Waals surface area contributed by atoms with Crippen molar-refractivity contribution in [3.63, 3.8) is 0 Å². The lowest BCUT2D eigenvalue weighted by Gasteiger charge is -2.55. The van der Waals surface area contributed by atoms with Gasteiger partial charge in [-0.3, -0.25) is 9.59 Å². The lowest BCUT2D eigenvalue weighted by atomic mass is 9.51. The summed E-state index contributed by atoms with van der Waals surface area (Å²) in [6.07, 6.45) is 9.23. The molecule has 5 rings (SSSR count). The van der Waals surface area contributed by atoms with Gasteiger partial charge in [-0.15, -0.1) is 0 Å². The number of carbonyl (C=O) groups excluding carboxylic acids is 3. The zero-order valence-electron chi connectivity index (χ0n) is 18.3. The molecule has 0 N–H and O–H groups in total. The molecule has 5 aliphatic rings. The quantitative estimate of drug-likeness (QED) is 0.574. The molecular formula is C24H31NO4S. The van der Waals surface area contributed by atoms with Crippen LogP contribution in [0.25, 0.3) is 0 Å². The molecule has 3 fully saturated rings. The lowest BCUT2D eigenvalue weighted by Crippen LogP contribution is -2.54. The van der Waals surface area contributed by atoms with Gasteiger partial charge in [0.05, 0.1) is 6.54 Å². The first-order valence-electron chi connectivity index (χ1n) is 11.1. The van der Waals surface area contributed by atoms with Crippen molar-refractivity contribution >= 4 is 28.8 Å². The highest BCUT2D eigenvalue weighted by Crippen LogP contribution is 2.67. The molecule has 0 radical (unpaired) electrons. The molecule has 2 saturated carbocycles. The predicted octanol–water partition coefficient (Wildman–Crippen LogP) is 4.52. The topological polar surface area (TPSA) is 63.7 Å². The third-order valence-corrected chi connectivity index (χ3v) is 10.0. The molecule has 6 heteroatoms. The summed E-state index contributed by atoms with van der Waals surface area (Å²) in [5, 5.41) is 0.172. The van der Waals surface area contributed by atoms with Gasteiger partial charge in [-0.05, 0) is 37.5 Å². The number of rotatable bonds is 1. The minimum atomic E-state index is -0.440. The van der Waals surface area contributed by atoms with Crippen LogP contribution in [0.5, 0.6) is 0 Å². The van der Waals surface area contributed by atoms with Gasteiger partial charge in [0.1, 0.15) is 11.4 Å². The Labute approximate surface area is 182 Å². The smallest absolute Gasteiger partial charge is 0.410 e. The molecule has 4 aliphatic carbocycles.